The average Bonchev–Trinajstić information content (AvgIpc) is 2.71. The molecular weight excluding hydrogens is 188 g/mol. The Balaban J connectivity index is 2.46. The Labute approximate surface area is 88.9 Å². The summed E-state index contributed by atoms with van der Waals surface area (Å²) in [6, 6.07) is 9.70. The molecule has 2 N–H and O–H groups in total. The Bertz CT molecular complexity index is 446. The molecule has 2 aromatic rings. The normalized spacial score (nSPS) is 11.6. The van der Waals surface area contributed by atoms with Gasteiger partial charge in [-0.2, -0.15) is 0 Å². The molecule has 0 saturated carbocycles. The molecule has 0 aliphatic carbocycles. The van der Waals surface area contributed by atoms with Gasteiger partial charge in [-0.15, -0.1) is 0 Å². The number of nitrogens with zero attached hydrogens (tertiary/aromatic N) is 1. The predicted molar refractivity (Wildman–Crippen MR) is 59.5 cm³/mol. The van der Waals surface area contributed by atoms with Crippen LogP contribution in [0.15, 0.2) is 41.1 Å². The van der Waals surface area contributed by atoms with E-state index in [-0.39, 0.29) is 5.41 Å². The molecule has 0 aliphatic rings. The van der Waals surface area contributed by atoms with Crippen molar-refractivity contribution in [1.29, 1.82) is 0 Å². The average molecular weight is 202 g/mol. The third kappa shape index (κ3) is 1.73. The number of hydrogen-bond donors (Lipinski definition) is 1. The molecule has 0 spiro atoms. The van der Waals surface area contributed by atoms with Crippen LogP contribution in [0.25, 0.3) is 0 Å². The van der Waals surface area contributed by atoms with Crippen LogP contribution in [0, 0.1) is 0 Å². The van der Waals surface area contributed by atoms with Gasteiger partial charge < -0.3 is 10.3 Å². The van der Waals surface area contributed by atoms with Crippen LogP contribution in [0.1, 0.15) is 25.2 Å². The van der Waals surface area contributed by atoms with E-state index in [1.165, 1.54) is 0 Å². The van der Waals surface area contributed by atoms with Gasteiger partial charge in [0.15, 0.2) is 0 Å². The van der Waals surface area contributed by atoms with Gasteiger partial charge >= 0.3 is 0 Å². The number of aromatic nitrogens is 1. The predicted octanol–water partition coefficient (Wildman–Crippen LogP) is 2.58. The quantitative estimate of drug-likeness (QED) is 0.761. The lowest BCUT2D eigenvalue weighted by atomic mass is 9.82. The van der Waals surface area contributed by atoms with E-state index in [0.717, 1.165) is 17.0 Å². The van der Waals surface area contributed by atoms with Crippen LogP contribution < -0.4 is 5.73 Å². The molecule has 0 radical (unpaired) electrons. The molecule has 1 aromatic heterocycles. The molecule has 0 saturated heterocycles. The Morgan fingerprint density at radius 2 is 2.07 bits per heavy atom. The smallest absolute Gasteiger partial charge is 0.146 e. The Hall–Kier alpha value is -1.77. The van der Waals surface area contributed by atoms with Crippen molar-refractivity contribution in [2.24, 2.45) is 0 Å². The summed E-state index contributed by atoms with van der Waals surface area (Å²) in [5.74, 6) is 0.841. The van der Waals surface area contributed by atoms with Crippen molar-refractivity contribution in [3.8, 4) is 0 Å². The van der Waals surface area contributed by atoms with E-state index in [9.17, 15) is 0 Å². The Kier molecular flexibility index (Phi) is 2.23. The molecule has 0 fully saturated rings. The highest BCUT2D eigenvalue weighted by Crippen LogP contribution is 2.31. The summed E-state index contributed by atoms with van der Waals surface area (Å²) in [4.78, 5) is 0. The highest BCUT2D eigenvalue weighted by molar-refractivity contribution is 5.45. The second-order valence-corrected chi connectivity index (χ2v) is 4.13. The Morgan fingerprint density at radius 1 is 1.27 bits per heavy atom. The monoisotopic (exact) mass is 202 g/mol. The number of hydrogen-bond acceptors (Lipinski definition) is 3. The molecule has 1 heterocycles. The summed E-state index contributed by atoms with van der Waals surface area (Å²) in [6.45, 7) is 4.17. The zero-order valence-corrected chi connectivity index (χ0v) is 8.90. The summed E-state index contributed by atoms with van der Waals surface area (Å²) in [5.41, 5.74) is 7.45. The molecule has 78 valence electrons. The standard InChI is InChI=1S/C12H14N2O/c1-12(2,11-6-7-14-15-11)9-4-3-5-10(13)8-9/h3-8H,13H2,1-2H3. The largest absolute Gasteiger partial charge is 0.399 e. The van der Waals surface area contributed by atoms with Crippen LogP contribution in [0.4, 0.5) is 5.69 Å². The van der Waals surface area contributed by atoms with Crippen molar-refractivity contribution >= 4 is 5.69 Å². The van der Waals surface area contributed by atoms with E-state index in [1.807, 2.05) is 30.3 Å². The number of nitrogens with two attached hydrogens (primary N) is 1. The maximum Gasteiger partial charge on any atom is 0.146 e. The molecule has 0 bridgehead atoms. The Morgan fingerprint density at radius 3 is 2.67 bits per heavy atom. The summed E-state index contributed by atoms with van der Waals surface area (Å²) in [5, 5.41) is 3.73. The van der Waals surface area contributed by atoms with Gasteiger partial charge in [0.05, 0.1) is 11.6 Å². The van der Waals surface area contributed by atoms with E-state index >= 15 is 0 Å². The molecule has 0 atom stereocenters. The third-order valence-electron chi connectivity index (χ3n) is 2.66. The third-order valence-corrected chi connectivity index (χ3v) is 2.66. The van der Waals surface area contributed by atoms with Gasteiger partial charge in [-0.05, 0) is 31.5 Å². The van der Waals surface area contributed by atoms with Gasteiger partial charge in [-0.1, -0.05) is 17.3 Å². The minimum atomic E-state index is -0.202. The van der Waals surface area contributed by atoms with Crippen molar-refractivity contribution in [2.75, 3.05) is 5.73 Å². The molecule has 0 amide bonds. The van der Waals surface area contributed by atoms with Crippen molar-refractivity contribution in [1.82, 2.24) is 5.16 Å². The molecule has 0 aliphatic heterocycles. The van der Waals surface area contributed by atoms with Gasteiger partial charge in [0.25, 0.3) is 0 Å². The van der Waals surface area contributed by atoms with Crippen molar-refractivity contribution in [3.05, 3.63) is 47.9 Å². The highest BCUT2D eigenvalue weighted by Gasteiger charge is 2.26. The summed E-state index contributed by atoms with van der Waals surface area (Å²) in [6.07, 6.45) is 1.66. The fourth-order valence-electron chi connectivity index (χ4n) is 1.61. The lowest BCUT2D eigenvalue weighted by molar-refractivity contribution is 0.340. The van der Waals surface area contributed by atoms with Gasteiger partial charge in [0, 0.05) is 11.8 Å². The number of anilines is 1. The molecule has 3 heteroatoms. The van der Waals surface area contributed by atoms with Gasteiger partial charge in [0.2, 0.25) is 0 Å². The van der Waals surface area contributed by atoms with Gasteiger partial charge in [0.1, 0.15) is 5.76 Å². The molecular formula is C12H14N2O. The van der Waals surface area contributed by atoms with Crippen LogP contribution in [-0.2, 0) is 5.41 Å². The van der Waals surface area contributed by atoms with Crippen LogP contribution in [-0.4, -0.2) is 5.16 Å². The topological polar surface area (TPSA) is 52.0 Å². The van der Waals surface area contributed by atoms with E-state index in [0.29, 0.717) is 0 Å². The second kappa shape index (κ2) is 3.42. The second-order valence-electron chi connectivity index (χ2n) is 4.13. The van der Waals surface area contributed by atoms with Crippen LogP contribution >= 0.6 is 0 Å². The van der Waals surface area contributed by atoms with Crippen molar-refractivity contribution in [2.45, 2.75) is 19.3 Å². The molecule has 2 rings (SSSR count). The van der Waals surface area contributed by atoms with Gasteiger partial charge in [-0.25, -0.2) is 0 Å². The lowest BCUT2D eigenvalue weighted by Gasteiger charge is -2.22. The first-order chi connectivity index (χ1) is 7.10. The number of nitrogen functional groups attached to an aromatic ring is 1. The summed E-state index contributed by atoms with van der Waals surface area (Å²) >= 11 is 0. The zero-order valence-electron chi connectivity index (χ0n) is 8.90. The highest BCUT2D eigenvalue weighted by atomic mass is 16.5. The SMILES string of the molecule is CC(C)(c1cccc(N)c1)c1ccno1. The molecule has 3 nitrogen and oxygen atoms in total. The van der Waals surface area contributed by atoms with Crippen LogP contribution in [0.5, 0.6) is 0 Å². The number of benzene rings is 1. The zero-order chi connectivity index (χ0) is 10.9. The first-order valence-corrected chi connectivity index (χ1v) is 4.88. The van der Waals surface area contributed by atoms with Crippen LogP contribution in [0.2, 0.25) is 0 Å². The fourth-order valence-corrected chi connectivity index (χ4v) is 1.61. The van der Waals surface area contributed by atoms with E-state index in [4.69, 9.17) is 10.3 Å². The van der Waals surface area contributed by atoms with Crippen LogP contribution in [0.3, 0.4) is 0 Å². The minimum absolute atomic E-state index is 0.202. The minimum Gasteiger partial charge on any atom is -0.399 e. The molecule has 1 aromatic carbocycles. The van der Waals surface area contributed by atoms with E-state index in [1.54, 1.807) is 6.20 Å². The fraction of sp³-hybridized carbons (Fsp3) is 0.250. The van der Waals surface area contributed by atoms with E-state index < -0.39 is 0 Å². The lowest BCUT2D eigenvalue weighted by Crippen LogP contribution is -2.18. The summed E-state index contributed by atoms with van der Waals surface area (Å²) < 4.78 is 5.20. The maximum absolute atomic E-state index is 5.76. The van der Waals surface area contributed by atoms with E-state index in [2.05, 4.69) is 19.0 Å². The van der Waals surface area contributed by atoms with Gasteiger partial charge in [-0.3, -0.25) is 0 Å². The van der Waals surface area contributed by atoms with Crippen molar-refractivity contribution in [3.63, 3.8) is 0 Å². The number of rotatable bonds is 2. The first-order valence-electron chi connectivity index (χ1n) is 4.88. The maximum atomic E-state index is 5.76. The first kappa shape index (κ1) is 9.77. The van der Waals surface area contributed by atoms with Crippen molar-refractivity contribution < 1.29 is 4.52 Å². The molecule has 0 unspecified atom stereocenters. The molecule has 15 heavy (non-hydrogen) atoms. The summed E-state index contributed by atoms with van der Waals surface area (Å²) in [7, 11) is 0.